The first-order valence-corrected chi connectivity index (χ1v) is 6.73. The highest BCUT2D eigenvalue weighted by Gasteiger charge is 2.22. The van der Waals surface area contributed by atoms with Crippen LogP contribution in [0.15, 0.2) is 30.5 Å². The lowest BCUT2D eigenvalue weighted by Crippen LogP contribution is -2.13. The van der Waals surface area contributed by atoms with Gasteiger partial charge in [-0.1, -0.05) is 13.0 Å². The van der Waals surface area contributed by atoms with Gasteiger partial charge in [0.05, 0.1) is 9.85 Å². The summed E-state index contributed by atoms with van der Waals surface area (Å²) >= 11 is 0. The molecular formula is C14H12N4O6. The molecule has 10 heteroatoms. The van der Waals surface area contributed by atoms with Crippen molar-refractivity contribution in [2.75, 3.05) is 0 Å². The molecule has 0 aliphatic rings. The number of rotatable bonds is 6. The summed E-state index contributed by atoms with van der Waals surface area (Å²) in [6.07, 6.45) is 1.46. The zero-order chi connectivity index (χ0) is 17.9. The van der Waals surface area contributed by atoms with Crippen LogP contribution in [0.25, 0.3) is 0 Å². The normalized spacial score (nSPS) is 10.2. The van der Waals surface area contributed by atoms with Gasteiger partial charge in [-0.25, -0.2) is 4.98 Å². The van der Waals surface area contributed by atoms with Crippen LogP contribution in [0.2, 0.25) is 0 Å². The molecule has 0 fully saturated rings. The Morgan fingerprint density at radius 3 is 2.50 bits per heavy atom. The summed E-state index contributed by atoms with van der Waals surface area (Å²) in [6, 6.07) is 5.23. The lowest BCUT2D eigenvalue weighted by molar-refractivity contribution is -0.385. The number of carbonyl (C=O) groups is 1. The number of nitrogens with zero attached hydrogens (tertiary/aromatic N) is 3. The largest absolute Gasteiger partial charge is 0.431 e. The molecule has 1 amide bonds. The molecule has 1 aromatic carbocycles. The number of pyridine rings is 1. The average Bonchev–Trinajstić information content (AvgIpc) is 2.54. The van der Waals surface area contributed by atoms with Gasteiger partial charge >= 0.3 is 5.69 Å². The van der Waals surface area contributed by atoms with Gasteiger partial charge in [-0.2, -0.15) is 0 Å². The number of aromatic nitrogens is 1. The van der Waals surface area contributed by atoms with E-state index in [1.165, 1.54) is 12.1 Å². The third-order valence-electron chi connectivity index (χ3n) is 3.15. The monoisotopic (exact) mass is 332 g/mol. The van der Waals surface area contributed by atoms with E-state index in [4.69, 9.17) is 10.5 Å². The lowest BCUT2D eigenvalue weighted by Gasteiger charge is -2.09. The molecule has 0 aliphatic heterocycles. The molecule has 0 atom stereocenters. The Morgan fingerprint density at radius 2 is 1.96 bits per heavy atom. The zero-order valence-electron chi connectivity index (χ0n) is 12.5. The molecule has 0 aliphatic carbocycles. The van der Waals surface area contributed by atoms with Gasteiger partial charge in [0.2, 0.25) is 11.6 Å². The number of nitrogens with two attached hydrogens (primary N) is 1. The minimum absolute atomic E-state index is 0.152. The van der Waals surface area contributed by atoms with Crippen LogP contribution < -0.4 is 10.5 Å². The number of aryl methyl sites for hydroxylation is 1. The Bertz CT molecular complexity index is 836. The van der Waals surface area contributed by atoms with Gasteiger partial charge in [-0.05, 0) is 18.1 Å². The van der Waals surface area contributed by atoms with Gasteiger partial charge in [-0.3, -0.25) is 25.0 Å². The van der Waals surface area contributed by atoms with Crippen LogP contribution >= 0.6 is 0 Å². The van der Waals surface area contributed by atoms with Gasteiger partial charge < -0.3 is 10.5 Å². The molecule has 124 valence electrons. The van der Waals surface area contributed by atoms with Crippen LogP contribution in [0.1, 0.15) is 22.8 Å². The molecule has 2 rings (SSSR count). The van der Waals surface area contributed by atoms with Gasteiger partial charge in [0.1, 0.15) is 11.8 Å². The molecule has 2 aromatic rings. The van der Waals surface area contributed by atoms with E-state index in [-0.39, 0.29) is 22.9 Å². The molecule has 0 bridgehead atoms. The van der Waals surface area contributed by atoms with Gasteiger partial charge in [0.15, 0.2) is 0 Å². The standard InChI is InChI=1S/C14H12N4O6/c1-2-8-3-4-12(11(5-8)18(22)23)24-14-10(13(15)19)6-9(7-16-14)17(20)21/h3-7H,2H2,1H3,(H2,15,19). The predicted octanol–water partition coefficient (Wildman–Crippen LogP) is 2.35. The molecule has 24 heavy (non-hydrogen) atoms. The Labute approximate surface area is 135 Å². The Kier molecular flexibility index (Phi) is 4.68. The van der Waals surface area contributed by atoms with Gasteiger partial charge in [0, 0.05) is 12.1 Å². The van der Waals surface area contributed by atoms with Crippen molar-refractivity contribution in [3.63, 3.8) is 0 Å². The SMILES string of the molecule is CCc1ccc(Oc2ncc([N+](=O)[O-])cc2C(N)=O)c([N+](=O)[O-])c1. The van der Waals surface area contributed by atoms with Crippen LogP contribution in [0, 0.1) is 20.2 Å². The van der Waals surface area contributed by atoms with Gasteiger partial charge in [0.25, 0.3) is 11.6 Å². The molecule has 1 heterocycles. The van der Waals surface area contributed by atoms with Crippen molar-refractivity contribution in [1.82, 2.24) is 4.98 Å². The average molecular weight is 332 g/mol. The highest BCUT2D eigenvalue weighted by Crippen LogP contribution is 2.33. The van der Waals surface area contributed by atoms with E-state index in [0.29, 0.717) is 6.42 Å². The number of hydrogen-bond donors (Lipinski definition) is 1. The van der Waals surface area contributed by atoms with Crippen molar-refractivity contribution < 1.29 is 19.4 Å². The molecular weight excluding hydrogens is 320 g/mol. The number of amides is 1. The second-order valence-corrected chi connectivity index (χ2v) is 4.68. The van der Waals surface area contributed by atoms with Crippen molar-refractivity contribution in [3.05, 3.63) is 61.8 Å². The molecule has 1 aromatic heterocycles. The Morgan fingerprint density at radius 1 is 1.25 bits per heavy atom. The number of ether oxygens (including phenoxy) is 1. The quantitative estimate of drug-likeness (QED) is 0.629. The van der Waals surface area contributed by atoms with E-state index >= 15 is 0 Å². The van der Waals surface area contributed by atoms with Crippen molar-refractivity contribution >= 4 is 17.3 Å². The van der Waals surface area contributed by atoms with E-state index < -0.39 is 21.4 Å². The smallest absolute Gasteiger partial charge is 0.311 e. The van der Waals surface area contributed by atoms with Crippen LogP contribution in [-0.2, 0) is 6.42 Å². The highest BCUT2D eigenvalue weighted by molar-refractivity contribution is 5.95. The van der Waals surface area contributed by atoms with E-state index in [2.05, 4.69) is 4.98 Å². The number of benzene rings is 1. The number of carbonyl (C=O) groups excluding carboxylic acids is 1. The molecule has 0 saturated heterocycles. The summed E-state index contributed by atoms with van der Waals surface area (Å²) in [7, 11) is 0. The zero-order valence-corrected chi connectivity index (χ0v) is 12.5. The summed E-state index contributed by atoms with van der Waals surface area (Å²) in [5.74, 6) is -1.50. The van der Waals surface area contributed by atoms with E-state index in [9.17, 15) is 25.0 Å². The molecule has 0 radical (unpaired) electrons. The summed E-state index contributed by atoms with van der Waals surface area (Å²) in [6.45, 7) is 1.84. The first-order chi connectivity index (χ1) is 11.3. The van der Waals surface area contributed by atoms with E-state index in [1.807, 2.05) is 6.92 Å². The fraction of sp³-hybridized carbons (Fsp3) is 0.143. The number of nitro benzene ring substituents is 1. The molecule has 0 saturated carbocycles. The fourth-order valence-corrected chi connectivity index (χ4v) is 1.91. The summed E-state index contributed by atoms with van der Waals surface area (Å²) in [5, 5.41) is 21.9. The Balaban J connectivity index is 2.50. The first kappa shape index (κ1) is 16.8. The van der Waals surface area contributed by atoms with Crippen LogP contribution in [0.3, 0.4) is 0 Å². The molecule has 10 nitrogen and oxygen atoms in total. The summed E-state index contributed by atoms with van der Waals surface area (Å²) in [5.41, 5.74) is 4.77. The maximum Gasteiger partial charge on any atom is 0.311 e. The number of nitro groups is 2. The summed E-state index contributed by atoms with van der Waals surface area (Å²) in [4.78, 5) is 35.6. The number of hydrogen-bond acceptors (Lipinski definition) is 7. The number of primary amides is 1. The minimum Gasteiger partial charge on any atom is -0.431 e. The van der Waals surface area contributed by atoms with Crippen LogP contribution in [0.5, 0.6) is 11.6 Å². The third-order valence-corrected chi connectivity index (χ3v) is 3.15. The van der Waals surface area contributed by atoms with Crippen molar-refractivity contribution in [1.29, 1.82) is 0 Å². The van der Waals surface area contributed by atoms with Gasteiger partial charge in [-0.15, -0.1) is 0 Å². The van der Waals surface area contributed by atoms with E-state index in [1.54, 1.807) is 6.07 Å². The van der Waals surface area contributed by atoms with Crippen LogP contribution in [0.4, 0.5) is 11.4 Å². The van der Waals surface area contributed by atoms with Crippen molar-refractivity contribution in [3.8, 4) is 11.6 Å². The first-order valence-electron chi connectivity index (χ1n) is 6.73. The van der Waals surface area contributed by atoms with Crippen molar-refractivity contribution in [2.45, 2.75) is 13.3 Å². The molecule has 0 spiro atoms. The maximum atomic E-state index is 11.5. The maximum absolute atomic E-state index is 11.5. The second kappa shape index (κ2) is 6.69. The topological polar surface area (TPSA) is 151 Å². The second-order valence-electron chi connectivity index (χ2n) is 4.68. The summed E-state index contributed by atoms with van der Waals surface area (Å²) < 4.78 is 5.32. The molecule has 2 N–H and O–H groups in total. The predicted molar refractivity (Wildman–Crippen MR) is 82.0 cm³/mol. The minimum atomic E-state index is -1.01. The van der Waals surface area contributed by atoms with Crippen molar-refractivity contribution in [2.24, 2.45) is 5.73 Å². The third kappa shape index (κ3) is 3.43. The molecule has 0 unspecified atom stereocenters. The van der Waals surface area contributed by atoms with E-state index in [0.717, 1.165) is 17.8 Å². The highest BCUT2D eigenvalue weighted by atomic mass is 16.6. The Hall–Kier alpha value is -3.56. The lowest BCUT2D eigenvalue weighted by atomic mass is 10.1. The fourth-order valence-electron chi connectivity index (χ4n) is 1.91. The van der Waals surface area contributed by atoms with Crippen LogP contribution in [-0.4, -0.2) is 20.7 Å².